The molecule has 1 unspecified atom stereocenters. The smallest absolute Gasteiger partial charge is 0.0681 e. The monoisotopic (exact) mass is 275 g/mol. The molecule has 0 radical (unpaired) electrons. The molecule has 1 aromatic heterocycles. The fourth-order valence-corrected chi connectivity index (χ4v) is 3.10. The third-order valence-electron chi connectivity index (χ3n) is 3.25. The summed E-state index contributed by atoms with van der Waals surface area (Å²) in [4.78, 5) is 1.39. The average Bonchev–Trinajstić information content (AvgIpc) is 2.93. The van der Waals surface area contributed by atoms with Crippen LogP contribution in [0.3, 0.4) is 0 Å². The largest absolute Gasteiger partial charge is 0.392 e. The molecule has 102 valence electrons. The maximum absolute atomic E-state index is 9.03. The number of rotatable bonds is 6. The molecule has 0 fully saturated rings. The molecule has 0 aliphatic carbocycles. The van der Waals surface area contributed by atoms with E-state index in [9.17, 15) is 0 Å². The summed E-state index contributed by atoms with van der Waals surface area (Å²) in [6.45, 7) is 5.45. The van der Waals surface area contributed by atoms with E-state index in [0.717, 1.165) is 12.1 Å². The van der Waals surface area contributed by atoms with Crippen LogP contribution in [0.15, 0.2) is 41.8 Å². The fourth-order valence-electron chi connectivity index (χ4n) is 2.12. The molecule has 0 aliphatic rings. The molecule has 19 heavy (non-hydrogen) atoms. The van der Waals surface area contributed by atoms with Gasteiger partial charge in [-0.05, 0) is 28.5 Å². The van der Waals surface area contributed by atoms with Gasteiger partial charge in [0.05, 0.1) is 6.61 Å². The molecule has 0 spiro atoms. The summed E-state index contributed by atoms with van der Waals surface area (Å²) in [5, 5.41) is 14.8. The van der Waals surface area contributed by atoms with Gasteiger partial charge in [-0.25, -0.2) is 0 Å². The Morgan fingerprint density at radius 1 is 1.11 bits per heavy atom. The van der Waals surface area contributed by atoms with Gasteiger partial charge < -0.3 is 10.4 Å². The Bertz CT molecular complexity index is 476. The van der Waals surface area contributed by atoms with Crippen molar-refractivity contribution in [3.8, 4) is 0 Å². The number of nitrogens with one attached hydrogen (secondary N) is 1. The van der Waals surface area contributed by atoms with Crippen molar-refractivity contribution >= 4 is 11.3 Å². The van der Waals surface area contributed by atoms with Crippen LogP contribution in [0.5, 0.6) is 0 Å². The van der Waals surface area contributed by atoms with Gasteiger partial charge in [-0.1, -0.05) is 44.2 Å². The highest BCUT2D eigenvalue weighted by Crippen LogP contribution is 2.26. The van der Waals surface area contributed by atoms with Crippen molar-refractivity contribution in [3.05, 3.63) is 57.8 Å². The van der Waals surface area contributed by atoms with E-state index < -0.39 is 0 Å². The van der Waals surface area contributed by atoms with Crippen LogP contribution in [0.25, 0.3) is 0 Å². The molecular formula is C16H21NOS. The van der Waals surface area contributed by atoms with Gasteiger partial charge in [0.2, 0.25) is 0 Å². The van der Waals surface area contributed by atoms with Gasteiger partial charge in [0.15, 0.2) is 0 Å². The zero-order chi connectivity index (χ0) is 13.7. The van der Waals surface area contributed by atoms with Gasteiger partial charge in [0, 0.05) is 17.5 Å². The molecule has 0 saturated heterocycles. The summed E-state index contributed by atoms with van der Waals surface area (Å²) < 4.78 is 0. The molecule has 2 aromatic rings. The van der Waals surface area contributed by atoms with E-state index in [2.05, 4.69) is 48.8 Å². The lowest BCUT2D eigenvalue weighted by Crippen LogP contribution is -2.24. The van der Waals surface area contributed by atoms with E-state index in [1.165, 1.54) is 10.4 Å². The van der Waals surface area contributed by atoms with Gasteiger partial charge >= 0.3 is 0 Å². The van der Waals surface area contributed by atoms with Gasteiger partial charge in [0.1, 0.15) is 0 Å². The minimum atomic E-state index is 0.109. The van der Waals surface area contributed by atoms with E-state index in [4.69, 9.17) is 5.11 Å². The SMILES string of the molecule is CC(C)C(NCc1ccc(CO)cc1)c1cccs1. The first-order chi connectivity index (χ1) is 9.20. The first-order valence-corrected chi connectivity index (χ1v) is 7.54. The second-order valence-corrected chi connectivity index (χ2v) is 6.07. The molecule has 0 saturated carbocycles. The molecule has 0 aliphatic heterocycles. The van der Waals surface area contributed by atoms with Crippen molar-refractivity contribution in [2.24, 2.45) is 5.92 Å². The third-order valence-corrected chi connectivity index (χ3v) is 4.20. The summed E-state index contributed by atoms with van der Waals surface area (Å²) in [6.07, 6.45) is 0. The van der Waals surface area contributed by atoms with E-state index >= 15 is 0 Å². The van der Waals surface area contributed by atoms with Gasteiger partial charge in [-0.2, -0.15) is 0 Å². The number of thiophene rings is 1. The molecule has 2 nitrogen and oxygen atoms in total. The van der Waals surface area contributed by atoms with Crippen LogP contribution in [0.1, 0.15) is 35.9 Å². The Morgan fingerprint density at radius 2 is 1.79 bits per heavy atom. The van der Waals surface area contributed by atoms with Crippen LogP contribution in [-0.2, 0) is 13.2 Å². The summed E-state index contributed by atoms with van der Waals surface area (Å²) in [7, 11) is 0. The Kier molecular flexibility index (Phi) is 5.14. The third kappa shape index (κ3) is 3.90. The molecule has 0 bridgehead atoms. The summed E-state index contributed by atoms with van der Waals surface area (Å²) in [5.41, 5.74) is 2.21. The first-order valence-electron chi connectivity index (χ1n) is 6.66. The standard InChI is InChI=1S/C16H21NOS/c1-12(2)16(15-4-3-9-19-15)17-10-13-5-7-14(11-18)8-6-13/h3-9,12,16-18H,10-11H2,1-2H3. The minimum absolute atomic E-state index is 0.109. The van der Waals surface area contributed by atoms with Crippen molar-refractivity contribution in [1.29, 1.82) is 0 Å². The maximum Gasteiger partial charge on any atom is 0.0681 e. The van der Waals surface area contributed by atoms with Crippen molar-refractivity contribution in [1.82, 2.24) is 5.32 Å². The van der Waals surface area contributed by atoms with Crippen molar-refractivity contribution in [2.75, 3.05) is 0 Å². The number of aliphatic hydroxyl groups is 1. The molecule has 1 aromatic carbocycles. The highest BCUT2D eigenvalue weighted by Gasteiger charge is 2.15. The summed E-state index contributed by atoms with van der Waals surface area (Å²) in [5.74, 6) is 0.565. The van der Waals surface area contributed by atoms with Crippen molar-refractivity contribution in [3.63, 3.8) is 0 Å². The van der Waals surface area contributed by atoms with Crippen LogP contribution in [-0.4, -0.2) is 5.11 Å². The quantitative estimate of drug-likeness (QED) is 0.842. The summed E-state index contributed by atoms with van der Waals surface area (Å²) in [6, 6.07) is 12.8. The van der Waals surface area contributed by atoms with Crippen LogP contribution in [0.4, 0.5) is 0 Å². The first kappa shape index (κ1) is 14.3. The predicted octanol–water partition coefficient (Wildman–Crippen LogP) is 3.73. The zero-order valence-electron chi connectivity index (χ0n) is 11.5. The van der Waals surface area contributed by atoms with Crippen LogP contribution >= 0.6 is 11.3 Å². The molecule has 3 heteroatoms. The molecule has 2 N–H and O–H groups in total. The van der Waals surface area contributed by atoms with E-state index in [1.54, 1.807) is 11.3 Å². The zero-order valence-corrected chi connectivity index (χ0v) is 12.3. The Labute approximate surface area is 119 Å². The van der Waals surface area contributed by atoms with E-state index in [-0.39, 0.29) is 6.61 Å². The van der Waals surface area contributed by atoms with Gasteiger partial charge in [-0.15, -0.1) is 11.3 Å². The number of hydrogen-bond donors (Lipinski definition) is 2. The van der Waals surface area contributed by atoms with Crippen LogP contribution < -0.4 is 5.32 Å². The molecule has 1 heterocycles. The summed E-state index contributed by atoms with van der Waals surface area (Å²) >= 11 is 1.81. The molecule has 0 amide bonds. The number of benzene rings is 1. The number of aliphatic hydroxyl groups excluding tert-OH is 1. The highest BCUT2D eigenvalue weighted by atomic mass is 32.1. The normalized spacial score (nSPS) is 12.8. The lowest BCUT2D eigenvalue weighted by molar-refractivity contribution is 0.282. The highest BCUT2D eigenvalue weighted by molar-refractivity contribution is 7.10. The molecule has 2 rings (SSSR count). The van der Waals surface area contributed by atoms with Crippen LogP contribution in [0.2, 0.25) is 0 Å². The van der Waals surface area contributed by atoms with E-state index in [1.807, 2.05) is 12.1 Å². The van der Waals surface area contributed by atoms with Gasteiger partial charge in [-0.3, -0.25) is 0 Å². The fraction of sp³-hybridized carbons (Fsp3) is 0.375. The second kappa shape index (κ2) is 6.85. The second-order valence-electron chi connectivity index (χ2n) is 5.09. The minimum Gasteiger partial charge on any atom is -0.392 e. The lowest BCUT2D eigenvalue weighted by Gasteiger charge is -2.21. The topological polar surface area (TPSA) is 32.3 Å². The van der Waals surface area contributed by atoms with Crippen LogP contribution in [0, 0.1) is 5.92 Å². The van der Waals surface area contributed by atoms with Crippen molar-refractivity contribution in [2.45, 2.75) is 33.0 Å². The van der Waals surface area contributed by atoms with Gasteiger partial charge in [0.25, 0.3) is 0 Å². The molecule has 1 atom stereocenters. The molecular weight excluding hydrogens is 254 g/mol. The lowest BCUT2D eigenvalue weighted by atomic mass is 10.0. The predicted molar refractivity (Wildman–Crippen MR) is 81.1 cm³/mol. The Morgan fingerprint density at radius 3 is 2.32 bits per heavy atom. The Hall–Kier alpha value is -1.16. The number of hydrogen-bond acceptors (Lipinski definition) is 3. The average molecular weight is 275 g/mol. The van der Waals surface area contributed by atoms with E-state index in [0.29, 0.717) is 12.0 Å². The van der Waals surface area contributed by atoms with Crippen molar-refractivity contribution < 1.29 is 5.11 Å². The Balaban J connectivity index is 1.98. The maximum atomic E-state index is 9.03.